The summed E-state index contributed by atoms with van der Waals surface area (Å²) in [5, 5.41) is 0.255. The molecule has 0 unspecified atom stereocenters. The van der Waals surface area contributed by atoms with Gasteiger partial charge >= 0.3 is 0 Å². The minimum Gasteiger partial charge on any atom is -0.494 e. The molecule has 0 bridgehead atoms. The van der Waals surface area contributed by atoms with Crippen molar-refractivity contribution in [3.8, 4) is 5.75 Å². The van der Waals surface area contributed by atoms with E-state index in [0.29, 0.717) is 25.2 Å². The van der Waals surface area contributed by atoms with E-state index in [1.165, 1.54) is 18.5 Å². The summed E-state index contributed by atoms with van der Waals surface area (Å²) in [6.07, 6.45) is 2.27. The zero-order valence-electron chi connectivity index (χ0n) is 18.4. The van der Waals surface area contributed by atoms with E-state index in [-0.39, 0.29) is 15.8 Å². The fourth-order valence-electron chi connectivity index (χ4n) is 3.87. The number of fused-ring (bicyclic) bond motifs is 1. The Hall–Kier alpha value is -2.79. The van der Waals surface area contributed by atoms with E-state index in [1.807, 2.05) is 30.3 Å². The molecule has 4 rings (SSSR count). The molecule has 1 saturated heterocycles. The fraction of sp³-hybridized carbons (Fsp3) is 0.391. The summed E-state index contributed by atoms with van der Waals surface area (Å²) in [6, 6.07) is 14.2. The lowest BCUT2D eigenvalue weighted by Gasteiger charge is -2.34. The highest BCUT2D eigenvalue weighted by atomic mass is 32.2. The number of nitrogens with one attached hydrogen (secondary N) is 2. The molecule has 0 atom stereocenters. The maximum atomic E-state index is 12.6. The predicted molar refractivity (Wildman–Crippen MR) is 127 cm³/mol. The molecule has 0 spiro atoms. The average molecular weight is 472 g/mol. The van der Waals surface area contributed by atoms with Gasteiger partial charge in [-0.25, -0.2) is 18.1 Å². The van der Waals surface area contributed by atoms with E-state index in [0.717, 1.165) is 44.9 Å². The van der Waals surface area contributed by atoms with Crippen molar-refractivity contribution in [2.24, 2.45) is 0 Å². The number of nitrogens with zero attached hydrogens (tertiary/aromatic N) is 3. The first-order valence-corrected chi connectivity index (χ1v) is 12.6. The van der Waals surface area contributed by atoms with Gasteiger partial charge < -0.3 is 14.6 Å². The van der Waals surface area contributed by atoms with Crippen LogP contribution in [0.25, 0.3) is 10.9 Å². The number of hydrogen-bond acceptors (Lipinski definition) is 7. The number of aromatic amines is 1. The lowest BCUT2D eigenvalue weighted by atomic mass is 10.2. The Morgan fingerprint density at radius 2 is 1.73 bits per heavy atom. The second-order valence-corrected chi connectivity index (χ2v) is 9.77. The molecule has 0 aliphatic carbocycles. The monoisotopic (exact) mass is 471 g/mol. The fourth-order valence-corrected chi connectivity index (χ4v) is 4.91. The van der Waals surface area contributed by atoms with E-state index in [4.69, 9.17) is 4.74 Å². The minimum atomic E-state index is -3.70. The number of piperazine rings is 1. The van der Waals surface area contributed by atoms with E-state index < -0.39 is 10.0 Å². The SMILES string of the molecule is O=c1[nH]cnc2ccc(S(=O)(=O)NCCN3CCN(CCCOc4ccccc4)CC3)cc12. The van der Waals surface area contributed by atoms with Gasteiger partial charge in [-0.05, 0) is 36.8 Å². The van der Waals surface area contributed by atoms with Crippen LogP contribution in [-0.2, 0) is 10.0 Å². The van der Waals surface area contributed by atoms with Crippen molar-refractivity contribution in [1.82, 2.24) is 24.5 Å². The standard InChI is InChI=1S/C23H29N5O4S/c29-23-21-17-20(7-8-22(21)24-18-25-23)33(30,31)26-9-11-28-14-12-27(13-15-28)10-4-16-32-19-5-2-1-3-6-19/h1-3,5-8,17-18,26H,4,9-16H2,(H,24,25,29). The number of benzene rings is 2. The van der Waals surface area contributed by atoms with Crippen LogP contribution in [-0.4, -0.2) is 80.6 Å². The van der Waals surface area contributed by atoms with Crippen molar-refractivity contribution >= 4 is 20.9 Å². The van der Waals surface area contributed by atoms with Crippen LogP contribution in [0.1, 0.15) is 6.42 Å². The van der Waals surface area contributed by atoms with Gasteiger partial charge in [0, 0.05) is 45.8 Å². The molecule has 3 aromatic rings. The third-order valence-electron chi connectivity index (χ3n) is 5.74. The third kappa shape index (κ3) is 6.38. The van der Waals surface area contributed by atoms with Crippen LogP contribution in [0.2, 0.25) is 0 Å². The van der Waals surface area contributed by atoms with Crippen LogP contribution in [0, 0.1) is 0 Å². The Balaban J connectivity index is 1.17. The van der Waals surface area contributed by atoms with Crippen molar-refractivity contribution in [2.45, 2.75) is 11.3 Å². The van der Waals surface area contributed by atoms with E-state index >= 15 is 0 Å². The van der Waals surface area contributed by atoms with Gasteiger partial charge in [0.1, 0.15) is 5.75 Å². The van der Waals surface area contributed by atoms with Crippen LogP contribution in [0.4, 0.5) is 0 Å². The van der Waals surface area contributed by atoms with Gasteiger partial charge in [-0.1, -0.05) is 18.2 Å². The molecule has 9 nitrogen and oxygen atoms in total. The average Bonchev–Trinajstić information content (AvgIpc) is 2.83. The Labute approximate surface area is 193 Å². The summed E-state index contributed by atoms with van der Waals surface area (Å²) in [5.74, 6) is 0.900. The molecule has 2 heterocycles. The molecule has 0 radical (unpaired) electrons. The number of rotatable bonds is 10. The normalized spacial score (nSPS) is 15.6. The number of para-hydroxylation sites is 1. The molecule has 2 N–H and O–H groups in total. The molecule has 1 fully saturated rings. The van der Waals surface area contributed by atoms with Gasteiger partial charge in [-0.3, -0.25) is 9.69 Å². The number of hydrogen-bond donors (Lipinski definition) is 2. The Morgan fingerprint density at radius 1 is 1.00 bits per heavy atom. The van der Waals surface area contributed by atoms with Gasteiger partial charge in [0.2, 0.25) is 10.0 Å². The second-order valence-electron chi connectivity index (χ2n) is 8.01. The van der Waals surface area contributed by atoms with Crippen LogP contribution in [0.3, 0.4) is 0 Å². The zero-order chi connectivity index (χ0) is 23.1. The lowest BCUT2D eigenvalue weighted by molar-refractivity contribution is 0.128. The minimum absolute atomic E-state index is 0.0658. The third-order valence-corrected chi connectivity index (χ3v) is 7.20. The molecular weight excluding hydrogens is 442 g/mol. The van der Waals surface area contributed by atoms with Gasteiger partial charge in [-0.15, -0.1) is 0 Å². The number of ether oxygens (including phenoxy) is 1. The van der Waals surface area contributed by atoms with Crippen molar-refractivity contribution in [3.63, 3.8) is 0 Å². The van der Waals surface area contributed by atoms with E-state index in [1.54, 1.807) is 6.07 Å². The van der Waals surface area contributed by atoms with Crippen molar-refractivity contribution < 1.29 is 13.2 Å². The topological polar surface area (TPSA) is 108 Å². The summed E-state index contributed by atoms with van der Waals surface area (Å²) in [4.78, 5) is 23.2. The Morgan fingerprint density at radius 3 is 2.48 bits per heavy atom. The number of aromatic nitrogens is 2. The quantitative estimate of drug-likeness (QED) is 0.429. The molecule has 2 aromatic carbocycles. The van der Waals surface area contributed by atoms with Crippen LogP contribution in [0.15, 0.2) is 64.5 Å². The van der Waals surface area contributed by atoms with Crippen molar-refractivity contribution in [2.75, 3.05) is 52.4 Å². The first-order chi connectivity index (χ1) is 16.0. The van der Waals surface area contributed by atoms with Gasteiger partial charge in [0.05, 0.1) is 28.7 Å². The maximum Gasteiger partial charge on any atom is 0.258 e. The Kier molecular flexibility index (Phi) is 7.71. The van der Waals surface area contributed by atoms with Crippen LogP contribution >= 0.6 is 0 Å². The van der Waals surface area contributed by atoms with Gasteiger partial charge in [0.15, 0.2) is 0 Å². The van der Waals surface area contributed by atoms with E-state index in [2.05, 4.69) is 24.5 Å². The summed E-state index contributed by atoms with van der Waals surface area (Å²) in [6.45, 7) is 6.36. The molecule has 1 aliphatic heterocycles. The Bertz CT molecular complexity index is 1210. The summed E-state index contributed by atoms with van der Waals surface area (Å²) in [7, 11) is -3.70. The van der Waals surface area contributed by atoms with Crippen LogP contribution in [0.5, 0.6) is 5.75 Å². The highest BCUT2D eigenvalue weighted by Gasteiger charge is 2.19. The molecule has 176 valence electrons. The van der Waals surface area contributed by atoms with Gasteiger partial charge in [0.25, 0.3) is 5.56 Å². The van der Waals surface area contributed by atoms with E-state index in [9.17, 15) is 13.2 Å². The molecule has 1 aromatic heterocycles. The lowest BCUT2D eigenvalue weighted by Crippen LogP contribution is -2.48. The van der Waals surface area contributed by atoms with Crippen molar-refractivity contribution in [1.29, 1.82) is 0 Å². The smallest absolute Gasteiger partial charge is 0.258 e. The summed E-state index contributed by atoms with van der Waals surface area (Å²) >= 11 is 0. The largest absolute Gasteiger partial charge is 0.494 e. The molecular formula is C23H29N5O4S. The zero-order valence-corrected chi connectivity index (χ0v) is 19.3. The molecule has 0 amide bonds. The molecule has 10 heteroatoms. The summed E-state index contributed by atoms with van der Waals surface area (Å²) < 4.78 is 33.7. The highest BCUT2D eigenvalue weighted by molar-refractivity contribution is 7.89. The number of sulfonamides is 1. The molecule has 0 saturated carbocycles. The maximum absolute atomic E-state index is 12.6. The van der Waals surface area contributed by atoms with Gasteiger partial charge in [-0.2, -0.15) is 0 Å². The predicted octanol–water partition coefficient (Wildman–Crippen LogP) is 1.29. The van der Waals surface area contributed by atoms with Crippen molar-refractivity contribution in [3.05, 3.63) is 65.2 Å². The molecule has 1 aliphatic rings. The highest BCUT2D eigenvalue weighted by Crippen LogP contribution is 2.14. The second kappa shape index (κ2) is 10.9. The summed E-state index contributed by atoms with van der Waals surface area (Å²) in [5.41, 5.74) is 0.101. The van der Waals surface area contributed by atoms with Crippen LogP contribution < -0.4 is 15.0 Å². The molecule has 33 heavy (non-hydrogen) atoms. The number of H-pyrrole nitrogens is 1. The first kappa shape index (κ1) is 23.4. The first-order valence-electron chi connectivity index (χ1n) is 11.1.